The number of benzene rings is 2. The molecular formula is C30H38Cl2N2O6. The molecule has 0 radical (unpaired) electrons. The van der Waals surface area contributed by atoms with E-state index in [4.69, 9.17) is 47.5 Å². The number of ether oxygens (including phenoxy) is 3. The molecule has 0 bridgehead atoms. The third-order valence-electron chi connectivity index (χ3n) is 6.08. The minimum absolute atomic E-state index is 0.0291. The molecule has 0 fully saturated rings. The summed E-state index contributed by atoms with van der Waals surface area (Å²) in [6, 6.07) is 12.1. The van der Waals surface area contributed by atoms with Crippen molar-refractivity contribution >= 4 is 41.0 Å². The summed E-state index contributed by atoms with van der Waals surface area (Å²) in [6.45, 7) is 10.2. The van der Waals surface area contributed by atoms with E-state index in [-0.39, 0.29) is 37.2 Å². The van der Waals surface area contributed by atoms with Crippen LogP contribution in [-0.4, -0.2) is 53.8 Å². The van der Waals surface area contributed by atoms with Crippen molar-refractivity contribution in [1.82, 2.24) is 5.32 Å². The maximum Gasteiger partial charge on any atom is 0.306 e. The third-order valence-corrected chi connectivity index (χ3v) is 6.64. The lowest BCUT2D eigenvalue weighted by Crippen LogP contribution is -2.49. The van der Waals surface area contributed by atoms with Gasteiger partial charge in [-0.25, -0.2) is 4.99 Å². The lowest BCUT2D eigenvalue weighted by atomic mass is 9.83. The maximum atomic E-state index is 13.9. The van der Waals surface area contributed by atoms with E-state index in [1.807, 2.05) is 13.8 Å². The molecule has 0 aromatic heterocycles. The van der Waals surface area contributed by atoms with Crippen molar-refractivity contribution < 1.29 is 28.9 Å². The van der Waals surface area contributed by atoms with Crippen molar-refractivity contribution in [2.45, 2.75) is 71.1 Å². The molecule has 0 saturated carbocycles. The number of hydrogen-bond acceptors (Lipinski definition) is 7. The smallest absolute Gasteiger partial charge is 0.306 e. The molecule has 10 heteroatoms. The van der Waals surface area contributed by atoms with Gasteiger partial charge in [0.25, 0.3) is 5.91 Å². The van der Waals surface area contributed by atoms with Crippen molar-refractivity contribution in [3.05, 3.63) is 63.6 Å². The average molecular weight is 594 g/mol. The van der Waals surface area contributed by atoms with Gasteiger partial charge in [-0.15, -0.1) is 0 Å². The molecule has 8 nitrogen and oxygen atoms in total. The SMILES string of the molecule is CC(C)CNC(=O)[C@]1(CCC(=O)OC(C)(C)C)N=C(c2ccc(OCCCO)cc2)O[C@@H]1c1ccc(Cl)cc1Cl. The number of hydrogen-bond donors (Lipinski definition) is 2. The van der Waals surface area contributed by atoms with E-state index >= 15 is 0 Å². The van der Waals surface area contributed by atoms with Gasteiger partial charge in [0.2, 0.25) is 5.90 Å². The first-order chi connectivity index (χ1) is 18.8. The Morgan fingerprint density at radius 2 is 1.85 bits per heavy atom. The quantitative estimate of drug-likeness (QED) is 0.234. The van der Waals surface area contributed by atoms with E-state index in [0.29, 0.717) is 46.5 Å². The van der Waals surface area contributed by atoms with Gasteiger partial charge in [-0.05, 0) is 69.5 Å². The number of carbonyl (C=O) groups is 2. The molecule has 2 aromatic rings. The topological polar surface area (TPSA) is 106 Å². The Hall–Kier alpha value is -2.81. The number of amides is 1. The highest BCUT2D eigenvalue weighted by molar-refractivity contribution is 6.35. The van der Waals surface area contributed by atoms with Crippen LogP contribution in [-0.2, 0) is 19.1 Å². The molecule has 3 rings (SSSR count). The molecule has 0 saturated heterocycles. The zero-order valence-corrected chi connectivity index (χ0v) is 25.1. The van der Waals surface area contributed by atoms with Crippen LogP contribution in [0.2, 0.25) is 10.0 Å². The van der Waals surface area contributed by atoms with Crippen LogP contribution in [0.15, 0.2) is 47.5 Å². The number of aliphatic hydroxyl groups excluding tert-OH is 1. The number of esters is 1. The number of carbonyl (C=O) groups excluding carboxylic acids is 2. The fourth-order valence-corrected chi connectivity index (χ4v) is 4.70. The molecule has 0 aliphatic carbocycles. The van der Waals surface area contributed by atoms with E-state index in [1.165, 1.54) is 0 Å². The predicted molar refractivity (Wildman–Crippen MR) is 156 cm³/mol. The van der Waals surface area contributed by atoms with Gasteiger partial charge >= 0.3 is 5.97 Å². The summed E-state index contributed by atoms with van der Waals surface area (Å²) in [4.78, 5) is 31.6. The van der Waals surface area contributed by atoms with Gasteiger partial charge in [0.1, 0.15) is 11.4 Å². The molecule has 2 N–H and O–H groups in total. The van der Waals surface area contributed by atoms with Crippen molar-refractivity contribution in [1.29, 1.82) is 0 Å². The highest BCUT2D eigenvalue weighted by Gasteiger charge is 2.54. The molecule has 218 valence electrons. The summed E-state index contributed by atoms with van der Waals surface area (Å²) in [5, 5.41) is 12.7. The molecule has 1 heterocycles. The lowest BCUT2D eigenvalue weighted by Gasteiger charge is -2.31. The van der Waals surface area contributed by atoms with E-state index in [0.717, 1.165) is 0 Å². The van der Waals surface area contributed by atoms with Gasteiger partial charge in [-0.2, -0.15) is 0 Å². The second kappa shape index (κ2) is 13.7. The predicted octanol–water partition coefficient (Wildman–Crippen LogP) is 5.91. The summed E-state index contributed by atoms with van der Waals surface area (Å²) >= 11 is 12.8. The van der Waals surface area contributed by atoms with E-state index in [2.05, 4.69) is 5.32 Å². The van der Waals surface area contributed by atoms with Crippen molar-refractivity contribution in [2.75, 3.05) is 19.8 Å². The summed E-state index contributed by atoms with van der Waals surface area (Å²) in [5.41, 5.74) is -1.03. The molecule has 1 aliphatic rings. The molecule has 2 atom stereocenters. The standard InChI is InChI=1S/C30H38Cl2N2O6/c1-19(2)18-33-28(37)30(14-13-25(36)40-29(3,4)5)26(23-12-9-21(31)17-24(23)32)39-27(34-30)20-7-10-22(11-8-20)38-16-6-15-35/h7-12,17,19,26,35H,6,13-16,18H2,1-5H3,(H,33,37)/t26-,30-/m1/s1. The summed E-state index contributed by atoms with van der Waals surface area (Å²) in [7, 11) is 0. The van der Waals surface area contributed by atoms with Crippen LogP contribution in [0.5, 0.6) is 5.75 Å². The summed E-state index contributed by atoms with van der Waals surface area (Å²) in [6.07, 6.45) is -0.442. The second-order valence-electron chi connectivity index (χ2n) is 11.1. The Labute approximate surface area is 246 Å². The fourth-order valence-electron chi connectivity index (χ4n) is 4.20. The van der Waals surface area contributed by atoms with Gasteiger partial charge in [0.05, 0.1) is 6.61 Å². The Morgan fingerprint density at radius 1 is 1.15 bits per heavy atom. The zero-order valence-electron chi connectivity index (χ0n) is 23.6. The zero-order chi connectivity index (χ0) is 29.5. The molecule has 1 aliphatic heterocycles. The van der Waals surface area contributed by atoms with E-state index in [9.17, 15) is 9.59 Å². The summed E-state index contributed by atoms with van der Waals surface area (Å²) in [5.74, 6) is 0.228. The Balaban J connectivity index is 2.05. The van der Waals surface area contributed by atoms with Crippen LogP contribution >= 0.6 is 23.2 Å². The van der Waals surface area contributed by atoms with Crippen molar-refractivity contribution in [3.8, 4) is 5.75 Å². The third kappa shape index (κ3) is 8.35. The molecule has 0 spiro atoms. The molecule has 40 heavy (non-hydrogen) atoms. The first-order valence-electron chi connectivity index (χ1n) is 13.4. The largest absolute Gasteiger partial charge is 0.494 e. The van der Waals surface area contributed by atoms with Gasteiger partial charge in [-0.1, -0.05) is 43.1 Å². The first-order valence-corrected chi connectivity index (χ1v) is 14.2. The monoisotopic (exact) mass is 592 g/mol. The van der Waals surface area contributed by atoms with Gasteiger partial charge in [-0.3, -0.25) is 9.59 Å². The maximum absolute atomic E-state index is 13.9. The van der Waals surface area contributed by atoms with E-state index < -0.39 is 23.2 Å². The van der Waals surface area contributed by atoms with Crippen LogP contribution < -0.4 is 10.1 Å². The number of nitrogens with one attached hydrogen (secondary N) is 1. The summed E-state index contributed by atoms with van der Waals surface area (Å²) < 4.78 is 17.6. The van der Waals surface area contributed by atoms with Gasteiger partial charge in [0, 0.05) is 47.2 Å². The lowest BCUT2D eigenvalue weighted by molar-refractivity contribution is -0.155. The Bertz CT molecular complexity index is 1210. The first kappa shape index (κ1) is 31.7. The Kier molecular flexibility index (Phi) is 10.9. The highest BCUT2D eigenvalue weighted by Crippen LogP contribution is 2.45. The van der Waals surface area contributed by atoms with Gasteiger partial charge in [0.15, 0.2) is 11.6 Å². The van der Waals surface area contributed by atoms with Crippen LogP contribution in [0.25, 0.3) is 0 Å². The number of aliphatic imine (C=N–C) groups is 1. The van der Waals surface area contributed by atoms with Crippen LogP contribution in [0, 0.1) is 5.92 Å². The normalized spacial score (nSPS) is 18.7. The van der Waals surface area contributed by atoms with E-state index in [1.54, 1.807) is 63.2 Å². The number of halogens is 2. The van der Waals surface area contributed by atoms with Crippen molar-refractivity contribution in [2.24, 2.45) is 10.9 Å². The molecular weight excluding hydrogens is 555 g/mol. The molecule has 1 amide bonds. The minimum atomic E-state index is -1.51. The average Bonchev–Trinajstić information content (AvgIpc) is 3.26. The number of aliphatic hydroxyl groups is 1. The Morgan fingerprint density at radius 3 is 2.45 bits per heavy atom. The number of nitrogens with zero attached hydrogens (tertiary/aromatic N) is 1. The number of rotatable bonds is 12. The molecule has 0 unspecified atom stereocenters. The van der Waals surface area contributed by atoms with Gasteiger partial charge < -0.3 is 24.6 Å². The van der Waals surface area contributed by atoms with Crippen LogP contribution in [0.1, 0.15) is 71.1 Å². The van der Waals surface area contributed by atoms with Crippen molar-refractivity contribution in [3.63, 3.8) is 0 Å². The minimum Gasteiger partial charge on any atom is -0.494 e. The van der Waals surface area contributed by atoms with Crippen LogP contribution in [0.3, 0.4) is 0 Å². The molecule has 2 aromatic carbocycles. The second-order valence-corrected chi connectivity index (χ2v) is 12.0. The van der Waals surface area contributed by atoms with Crippen LogP contribution in [0.4, 0.5) is 0 Å². The highest BCUT2D eigenvalue weighted by atomic mass is 35.5. The fraction of sp³-hybridized carbons (Fsp3) is 0.500.